The summed E-state index contributed by atoms with van der Waals surface area (Å²) >= 11 is 0. The lowest BCUT2D eigenvalue weighted by atomic mass is 10.0. The summed E-state index contributed by atoms with van der Waals surface area (Å²) in [6.07, 6.45) is 0.0800. The van der Waals surface area contributed by atoms with Crippen molar-refractivity contribution in [3.8, 4) is 0 Å². The van der Waals surface area contributed by atoms with Crippen LogP contribution in [0.3, 0.4) is 0 Å². The van der Waals surface area contributed by atoms with Gasteiger partial charge in [-0.15, -0.1) is 0 Å². The van der Waals surface area contributed by atoms with Gasteiger partial charge in [0.05, 0.1) is 6.61 Å². The highest BCUT2D eigenvalue weighted by molar-refractivity contribution is 5.72. The Bertz CT molecular complexity index is 321. The summed E-state index contributed by atoms with van der Waals surface area (Å²) in [5.74, 6) is -0.855. The number of hydrogen-bond donors (Lipinski definition) is 1. The number of hydrogen-bond acceptors (Lipinski definition) is 2. The molecule has 1 aromatic rings. The fourth-order valence-corrected chi connectivity index (χ4v) is 1.45. The molecule has 0 heterocycles. The summed E-state index contributed by atoms with van der Waals surface area (Å²) in [6, 6.07) is 9.60. The van der Waals surface area contributed by atoms with Gasteiger partial charge in [-0.25, -0.2) is 4.79 Å². The Hall–Kier alpha value is -1.35. The van der Waals surface area contributed by atoms with Crippen molar-refractivity contribution in [1.82, 2.24) is 0 Å². The molecule has 0 aliphatic rings. The zero-order valence-electron chi connectivity index (χ0n) is 9.72. The summed E-state index contributed by atoms with van der Waals surface area (Å²) < 4.78 is 5.44. The van der Waals surface area contributed by atoms with Gasteiger partial charge in [0.25, 0.3) is 0 Å². The first-order valence-corrected chi connectivity index (χ1v) is 5.53. The molecule has 0 aliphatic carbocycles. The molecule has 88 valence electrons. The van der Waals surface area contributed by atoms with E-state index in [4.69, 9.17) is 9.84 Å². The molecule has 0 aliphatic heterocycles. The molecule has 0 fully saturated rings. The lowest BCUT2D eigenvalue weighted by molar-refractivity contribution is -0.155. The van der Waals surface area contributed by atoms with Crippen molar-refractivity contribution in [3.05, 3.63) is 35.9 Å². The van der Waals surface area contributed by atoms with Gasteiger partial charge in [0.2, 0.25) is 0 Å². The minimum atomic E-state index is -0.884. The molecule has 3 heteroatoms. The monoisotopic (exact) mass is 222 g/mol. The van der Waals surface area contributed by atoms with Gasteiger partial charge in [-0.05, 0) is 11.5 Å². The van der Waals surface area contributed by atoms with Gasteiger partial charge in [-0.1, -0.05) is 50.6 Å². The fraction of sp³-hybridized carbons (Fsp3) is 0.462. The molecule has 2 atom stereocenters. The van der Waals surface area contributed by atoms with Crippen molar-refractivity contribution in [1.29, 1.82) is 0 Å². The average Bonchev–Trinajstić information content (AvgIpc) is 2.30. The third kappa shape index (κ3) is 3.66. The predicted molar refractivity (Wildman–Crippen MR) is 62.1 cm³/mol. The maximum absolute atomic E-state index is 11.0. The molecule has 3 nitrogen and oxygen atoms in total. The van der Waals surface area contributed by atoms with Crippen molar-refractivity contribution in [3.63, 3.8) is 0 Å². The largest absolute Gasteiger partial charge is 0.479 e. The smallest absolute Gasteiger partial charge is 0.333 e. The Balaban J connectivity index is 2.54. The van der Waals surface area contributed by atoms with Crippen LogP contribution in [0.5, 0.6) is 0 Å². The molecular formula is C13H18O3. The Kier molecular flexibility index (Phi) is 4.99. The van der Waals surface area contributed by atoms with Crippen molar-refractivity contribution >= 4 is 5.97 Å². The first-order chi connectivity index (χ1) is 7.65. The van der Waals surface area contributed by atoms with Crippen molar-refractivity contribution in [2.75, 3.05) is 0 Å². The topological polar surface area (TPSA) is 46.5 Å². The number of aliphatic carboxylic acids is 1. The lowest BCUT2D eigenvalue weighted by Gasteiger charge is -2.19. The van der Waals surface area contributed by atoms with E-state index in [0.29, 0.717) is 6.61 Å². The number of benzene rings is 1. The van der Waals surface area contributed by atoms with E-state index in [1.54, 1.807) is 0 Å². The lowest BCUT2D eigenvalue weighted by Crippen LogP contribution is -2.30. The van der Waals surface area contributed by atoms with Crippen LogP contribution in [0.1, 0.15) is 25.8 Å². The average molecular weight is 222 g/mol. The quantitative estimate of drug-likeness (QED) is 0.805. The molecule has 0 spiro atoms. The van der Waals surface area contributed by atoms with Gasteiger partial charge < -0.3 is 9.84 Å². The van der Waals surface area contributed by atoms with Gasteiger partial charge in [0.1, 0.15) is 0 Å². The predicted octanol–water partition coefficient (Wildman–Crippen LogP) is 2.70. The zero-order chi connectivity index (χ0) is 12.0. The molecule has 0 radical (unpaired) electrons. The molecule has 0 aromatic heterocycles. The van der Waals surface area contributed by atoms with Crippen LogP contribution in [0.4, 0.5) is 0 Å². The van der Waals surface area contributed by atoms with E-state index in [1.165, 1.54) is 0 Å². The SMILES string of the molecule is CCC(C)C(OCc1ccccc1)C(=O)O. The van der Waals surface area contributed by atoms with E-state index >= 15 is 0 Å². The second-order valence-corrected chi connectivity index (χ2v) is 3.94. The van der Waals surface area contributed by atoms with Crippen LogP contribution in [0.15, 0.2) is 30.3 Å². The Morgan fingerprint density at radius 2 is 2.00 bits per heavy atom. The molecule has 0 bridgehead atoms. The van der Waals surface area contributed by atoms with Crippen LogP contribution in [0.2, 0.25) is 0 Å². The van der Waals surface area contributed by atoms with Crippen molar-refractivity contribution < 1.29 is 14.6 Å². The first-order valence-electron chi connectivity index (χ1n) is 5.53. The maximum atomic E-state index is 11.0. The Labute approximate surface area is 96.1 Å². The maximum Gasteiger partial charge on any atom is 0.333 e. The normalized spacial score (nSPS) is 14.4. The van der Waals surface area contributed by atoms with E-state index in [9.17, 15) is 4.79 Å². The van der Waals surface area contributed by atoms with Gasteiger partial charge in [-0.3, -0.25) is 0 Å². The number of carboxylic acid groups (broad SMARTS) is 1. The third-order valence-corrected chi connectivity index (χ3v) is 2.68. The van der Waals surface area contributed by atoms with E-state index < -0.39 is 12.1 Å². The van der Waals surface area contributed by atoms with Crippen LogP contribution < -0.4 is 0 Å². The molecule has 2 unspecified atom stereocenters. The molecule has 1 rings (SSSR count). The summed E-state index contributed by atoms with van der Waals surface area (Å²) in [5.41, 5.74) is 0.997. The number of ether oxygens (including phenoxy) is 1. The van der Waals surface area contributed by atoms with Crippen LogP contribution in [-0.4, -0.2) is 17.2 Å². The van der Waals surface area contributed by atoms with E-state index in [-0.39, 0.29) is 5.92 Å². The zero-order valence-corrected chi connectivity index (χ0v) is 9.72. The van der Waals surface area contributed by atoms with Crippen molar-refractivity contribution in [2.45, 2.75) is 33.0 Å². The fourth-order valence-electron chi connectivity index (χ4n) is 1.45. The third-order valence-electron chi connectivity index (χ3n) is 2.68. The Morgan fingerprint density at radius 3 is 2.50 bits per heavy atom. The van der Waals surface area contributed by atoms with Gasteiger partial charge in [0.15, 0.2) is 6.10 Å². The van der Waals surface area contributed by atoms with Crippen LogP contribution in [0.25, 0.3) is 0 Å². The molecular weight excluding hydrogens is 204 g/mol. The summed E-state index contributed by atoms with van der Waals surface area (Å²) in [7, 11) is 0. The van der Waals surface area contributed by atoms with Crippen molar-refractivity contribution in [2.24, 2.45) is 5.92 Å². The number of carboxylic acids is 1. The molecule has 1 N–H and O–H groups in total. The number of carbonyl (C=O) groups is 1. The highest BCUT2D eigenvalue weighted by atomic mass is 16.5. The molecule has 16 heavy (non-hydrogen) atoms. The molecule has 0 saturated heterocycles. The van der Waals surface area contributed by atoms with Crippen LogP contribution in [-0.2, 0) is 16.1 Å². The molecule has 1 aromatic carbocycles. The minimum Gasteiger partial charge on any atom is -0.479 e. The van der Waals surface area contributed by atoms with E-state index in [1.807, 2.05) is 44.2 Å². The highest BCUT2D eigenvalue weighted by Gasteiger charge is 2.23. The summed E-state index contributed by atoms with van der Waals surface area (Å²) in [4.78, 5) is 11.0. The molecule has 0 saturated carbocycles. The summed E-state index contributed by atoms with van der Waals surface area (Å²) in [5, 5.41) is 9.03. The number of rotatable bonds is 6. The molecule has 0 amide bonds. The Morgan fingerprint density at radius 1 is 1.38 bits per heavy atom. The van der Waals surface area contributed by atoms with Gasteiger partial charge in [0, 0.05) is 0 Å². The second kappa shape index (κ2) is 6.28. The second-order valence-electron chi connectivity index (χ2n) is 3.94. The first kappa shape index (κ1) is 12.7. The standard InChI is InChI=1S/C13H18O3/c1-3-10(2)12(13(14)15)16-9-11-7-5-4-6-8-11/h4-8,10,12H,3,9H2,1-2H3,(H,14,15). The van der Waals surface area contributed by atoms with Gasteiger partial charge >= 0.3 is 5.97 Å². The van der Waals surface area contributed by atoms with Crippen LogP contribution >= 0.6 is 0 Å². The van der Waals surface area contributed by atoms with E-state index in [2.05, 4.69) is 0 Å². The highest BCUT2D eigenvalue weighted by Crippen LogP contribution is 2.14. The van der Waals surface area contributed by atoms with E-state index in [0.717, 1.165) is 12.0 Å². The summed E-state index contributed by atoms with van der Waals surface area (Å²) in [6.45, 7) is 4.21. The van der Waals surface area contributed by atoms with Crippen LogP contribution in [0, 0.1) is 5.92 Å². The van der Waals surface area contributed by atoms with Gasteiger partial charge in [-0.2, -0.15) is 0 Å². The minimum absolute atomic E-state index is 0.0289.